The van der Waals surface area contributed by atoms with E-state index in [0.717, 1.165) is 25.7 Å². The third-order valence-corrected chi connectivity index (χ3v) is 4.56. The van der Waals surface area contributed by atoms with Crippen LogP contribution in [0.15, 0.2) is 24.3 Å². The molecule has 6 heteroatoms. The molecule has 0 radical (unpaired) electrons. The van der Waals surface area contributed by atoms with Crippen molar-refractivity contribution in [2.75, 3.05) is 0 Å². The van der Waals surface area contributed by atoms with Gasteiger partial charge in [-0.1, -0.05) is 50.5 Å². The van der Waals surface area contributed by atoms with Gasteiger partial charge in [-0.05, 0) is 25.7 Å². The molecule has 1 saturated heterocycles. The van der Waals surface area contributed by atoms with Crippen LogP contribution in [0.4, 0.5) is 0 Å². The number of hydrogen-bond donors (Lipinski definition) is 4. The van der Waals surface area contributed by atoms with Gasteiger partial charge in [-0.2, -0.15) is 0 Å². The van der Waals surface area contributed by atoms with Crippen molar-refractivity contribution in [1.29, 1.82) is 0 Å². The lowest BCUT2D eigenvalue weighted by Gasteiger charge is -2.17. The number of ether oxygens (including phenoxy) is 1. The Morgan fingerprint density at radius 1 is 1.19 bits per heavy atom. The summed E-state index contributed by atoms with van der Waals surface area (Å²) in [7, 11) is 0. The molecule has 6 nitrogen and oxygen atoms in total. The Balaban J connectivity index is 2.27. The van der Waals surface area contributed by atoms with Gasteiger partial charge in [0.1, 0.15) is 0 Å². The molecule has 0 aromatic rings. The van der Waals surface area contributed by atoms with E-state index in [1.165, 1.54) is 12.2 Å². The second kappa shape index (κ2) is 13.0. The Labute approximate surface area is 156 Å². The maximum atomic E-state index is 10.4. The van der Waals surface area contributed by atoms with Crippen molar-refractivity contribution in [3.63, 3.8) is 0 Å². The van der Waals surface area contributed by atoms with Crippen molar-refractivity contribution in [1.82, 2.24) is 0 Å². The molecule has 0 amide bonds. The highest BCUT2D eigenvalue weighted by atomic mass is 16.5. The van der Waals surface area contributed by atoms with Gasteiger partial charge in [0.25, 0.3) is 0 Å². The monoisotopic (exact) mass is 370 g/mol. The molecule has 26 heavy (non-hydrogen) atoms. The van der Waals surface area contributed by atoms with E-state index in [2.05, 4.69) is 6.92 Å². The molecule has 0 unspecified atom stereocenters. The zero-order chi connectivity index (χ0) is 19.4. The molecule has 4 N–H and O–H groups in total. The highest BCUT2D eigenvalue weighted by molar-refractivity contribution is 5.66. The molecule has 0 aromatic carbocycles. The van der Waals surface area contributed by atoms with Crippen molar-refractivity contribution in [3.8, 4) is 0 Å². The predicted molar refractivity (Wildman–Crippen MR) is 99.8 cm³/mol. The van der Waals surface area contributed by atoms with E-state index in [0.29, 0.717) is 25.7 Å². The van der Waals surface area contributed by atoms with Crippen molar-refractivity contribution < 1.29 is 30.0 Å². The summed E-state index contributed by atoms with van der Waals surface area (Å²) in [5.74, 6) is -0.804. The Hall–Kier alpha value is -1.21. The molecule has 0 aliphatic carbocycles. The summed E-state index contributed by atoms with van der Waals surface area (Å²) in [5, 5.41) is 38.7. The third-order valence-electron chi connectivity index (χ3n) is 4.56. The van der Waals surface area contributed by atoms with Crippen LogP contribution >= 0.6 is 0 Å². The standard InChI is InChI=1S/C20H34O6/c1-2-3-6-10-18-17(23)14-19(26-18)16(22)13-12-15(21)9-7-4-5-8-11-20(24)25/h4,7,12-13,15-19,21-23H,2-3,5-6,8-11,14H2,1H3,(H,24,25)/b7-4-,13-12-/t15-,16+,17-,18+,19-/m0/s1. The van der Waals surface area contributed by atoms with Crippen LogP contribution in [0.3, 0.4) is 0 Å². The van der Waals surface area contributed by atoms with Crippen LogP contribution in [0.25, 0.3) is 0 Å². The Morgan fingerprint density at radius 2 is 1.96 bits per heavy atom. The smallest absolute Gasteiger partial charge is 0.303 e. The summed E-state index contributed by atoms with van der Waals surface area (Å²) in [6, 6.07) is 0. The van der Waals surface area contributed by atoms with Crippen LogP contribution in [0.2, 0.25) is 0 Å². The van der Waals surface area contributed by atoms with Crippen LogP contribution in [-0.2, 0) is 9.53 Å². The van der Waals surface area contributed by atoms with Gasteiger partial charge in [0.05, 0.1) is 30.5 Å². The Bertz CT molecular complexity index is 448. The van der Waals surface area contributed by atoms with Crippen molar-refractivity contribution >= 4 is 5.97 Å². The highest BCUT2D eigenvalue weighted by Gasteiger charge is 2.36. The lowest BCUT2D eigenvalue weighted by molar-refractivity contribution is -0.137. The number of unbranched alkanes of at least 4 members (excludes halogenated alkanes) is 3. The fourth-order valence-electron chi connectivity index (χ4n) is 3.01. The summed E-state index contributed by atoms with van der Waals surface area (Å²) in [5.41, 5.74) is 0. The minimum absolute atomic E-state index is 0.145. The minimum atomic E-state index is -0.852. The van der Waals surface area contributed by atoms with E-state index in [1.54, 1.807) is 0 Å². The predicted octanol–water partition coefficient (Wildman–Crippen LogP) is 2.56. The second-order valence-corrected chi connectivity index (χ2v) is 6.95. The van der Waals surface area contributed by atoms with E-state index >= 15 is 0 Å². The normalized spacial score (nSPS) is 25.9. The maximum absolute atomic E-state index is 10.4. The van der Waals surface area contributed by atoms with Crippen molar-refractivity contribution in [2.45, 2.75) is 95.2 Å². The van der Waals surface area contributed by atoms with E-state index in [9.17, 15) is 20.1 Å². The summed E-state index contributed by atoms with van der Waals surface area (Å²) in [6.45, 7) is 2.12. The number of aliphatic hydroxyl groups excluding tert-OH is 3. The minimum Gasteiger partial charge on any atom is -0.481 e. The Morgan fingerprint density at radius 3 is 2.65 bits per heavy atom. The lowest BCUT2D eigenvalue weighted by atomic mass is 10.0. The van der Waals surface area contributed by atoms with Gasteiger partial charge >= 0.3 is 5.97 Å². The van der Waals surface area contributed by atoms with E-state index in [1.807, 2.05) is 12.2 Å². The Kier molecular flexibility index (Phi) is 11.4. The highest BCUT2D eigenvalue weighted by Crippen LogP contribution is 2.27. The molecule has 1 heterocycles. The average molecular weight is 370 g/mol. The van der Waals surface area contributed by atoms with Crippen LogP contribution in [0.1, 0.15) is 64.7 Å². The van der Waals surface area contributed by atoms with Gasteiger partial charge in [-0.3, -0.25) is 4.79 Å². The lowest BCUT2D eigenvalue weighted by Crippen LogP contribution is -2.25. The molecular formula is C20H34O6. The summed E-state index contributed by atoms with van der Waals surface area (Å²) >= 11 is 0. The fourth-order valence-corrected chi connectivity index (χ4v) is 3.01. The maximum Gasteiger partial charge on any atom is 0.303 e. The molecule has 0 saturated carbocycles. The van der Waals surface area contributed by atoms with Gasteiger partial charge in [-0.15, -0.1) is 0 Å². The number of carbonyl (C=O) groups is 1. The largest absolute Gasteiger partial charge is 0.481 e. The van der Waals surface area contributed by atoms with E-state index < -0.39 is 30.4 Å². The first-order chi connectivity index (χ1) is 12.4. The molecule has 1 aliphatic heterocycles. The van der Waals surface area contributed by atoms with E-state index in [4.69, 9.17) is 9.84 Å². The first-order valence-electron chi connectivity index (χ1n) is 9.68. The molecule has 0 bridgehead atoms. The number of aliphatic hydroxyl groups is 3. The molecule has 1 rings (SSSR count). The SMILES string of the molecule is CCCCC[C@H]1O[C@H]([C@H](O)/C=C\[C@@H](O)C/C=C\CCCC(=O)O)C[C@@H]1O. The van der Waals surface area contributed by atoms with Gasteiger partial charge in [0, 0.05) is 12.8 Å². The zero-order valence-corrected chi connectivity index (χ0v) is 15.7. The summed E-state index contributed by atoms with van der Waals surface area (Å²) in [4.78, 5) is 10.4. The number of allylic oxidation sites excluding steroid dienone is 1. The molecule has 0 aromatic heterocycles. The van der Waals surface area contributed by atoms with Crippen molar-refractivity contribution in [3.05, 3.63) is 24.3 Å². The molecule has 1 fully saturated rings. The second-order valence-electron chi connectivity index (χ2n) is 6.95. The fraction of sp³-hybridized carbons (Fsp3) is 0.750. The number of carboxylic acids is 1. The number of hydrogen-bond acceptors (Lipinski definition) is 5. The molecule has 150 valence electrons. The van der Waals surface area contributed by atoms with Crippen LogP contribution in [-0.4, -0.2) is 56.9 Å². The first kappa shape index (κ1) is 22.8. The quantitative estimate of drug-likeness (QED) is 0.293. The molecular weight excluding hydrogens is 336 g/mol. The summed E-state index contributed by atoms with van der Waals surface area (Å²) < 4.78 is 5.76. The number of rotatable bonds is 13. The first-order valence-corrected chi connectivity index (χ1v) is 9.68. The van der Waals surface area contributed by atoms with Gasteiger partial charge in [0.2, 0.25) is 0 Å². The third kappa shape index (κ3) is 9.48. The molecule has 5 atom stereocenters. The zero-order valence-electron chi connectivity index (χ0n) is 15.7. The topological polar surface area (TPSA) is 107 Å². The molecule has 1 aliphatic rings. The van der Waals surface area contributed by atoms with Gasteiger partial charge < -0.3 is 25.2 Å². The van der Waals surface area contributed by atoms with Crippen LogP contribution in [0.5, 0.6) is 0 Å². The molecule has 0 spiro atoms. The van der Waals surface area contributed by atoms with Gasteiger partial charge in [-0.25, -0.2) is 0 Å². The van der Waals surface area contributed by atoms with Crippen LogP contribution in [0, 0.1) is 0 Å². The van der Waals surface area contributed by atoms with Crippen molar-refractivity contribution in [2.24, 2.45) is 0 Å². The summed E-state index contributed by atoms with van der Waals surface area (Å²) in [6.07, 6.45) is 10.2. The van der Waals surface area contributed by atoms with E-state index in [-0.39, 0.29) is 12.5 Å². The average Bonchev–Trinajstić information content (AvgIpc) is 2.97. The van der Waals surface area contributed by atoms with Gasteiger partial charge in [0.15, 0.2) is 0 Å². The van der Waals surface area contributed by atoms with Crippen LogP contribution < -0.4 is 0 Å². The number of aliphatic carboxylic acids is 1. The number of carboxylic acid groups (broad SMARTS) is 1.